The van der Waals surface area contributed by atoms with Crippen LogP contribution in [0.1, 0.15) is 53.8 Å². The van der Waals surface area contributed by atoms with Crippen LogP contribution >= 0.6 is 0 Å². The number of aryl methyl sites for hydroxylation is 1. The Kier molecular flexibility index (Phi) is 4.31. The first kappa shape index (κ1) is 14.2. The van der Waals surface area contributed by atoms with Crippen LogP contribution in [0, 0.1) is 5.41 Å². The van der Waals surface area contributed by atoms with Crippen LogP contribution in [-0.2, 0) is 13.1 Å². The van der Waals surface area contributed by atoms with Crippen molar-refractivity contribution in [1.82, 2.24) is 20.1 Å². The van der Waals surface area contributed by atoms with Crippen molar-refractivity contribution in [3.63, 3.8) is 0 Å². The molecule has 4 heteroatoms. The van der Waals surface area contributed by atoms with Gasteiger partial charge in [-0.25, -0.2) is 9.67 Å². The third-order valence-electron chi connectivity index (χ3n) is 2.69. The number of rotatable bonds is 5. The van der Waals surface area contributed by atoms with Crippen molar-refractivity contribution in [3.05, 3.63) is 12.2 Å². The molecule has 0 radical (unpaired) electrons. The lowest BCUT2D eigenvalue weighted by molar-refractivity contribution is 0.238. The summed E-state index contributed by atoms with van der Waals surface area (Å²) in [7, 11) is 0. The molecule has 0 bridgehead atoms. The predicted molar refractivity (Wildman–Crippen MR) is 70.7 cm³/mol. The fraction of sp³-hybridized carbons (Fsp3) is 0.846. The van der Waals surface area contributed by atoms with E-state index in [1.54, 1.807) is 6.33 Å². The first-order valence-corrected chi connectivity index (χ1v) is 6.35. The molecule has 1 aromatic rings. The molecule has 0 unspecified atom stereocenters. The second kappa shape index (κ2) is 5.17. The van der Waals surface area contributed by atoms with Gasteiger partial charge in [0.15, 0.2) is 0 Å². The Labute approximate surface area is 105 Å². The van der Waals surface area contributed by atoms with Crippen LogP contribution in [0.15, 0.2) is 6.33 Å². The quantitative estimate of drug-likeness (QED) is 0.857. The fourth-order valence-electron chi connectivity index (χ4n) is 2.40. The van der Waals surface area contributed by atoms with Gasteiger partial charge in [-0.2, -0.15) is 5.10 Å². The second-order valence-electron chi connectivity index (χ2n) is 6.47. The molecule has 0 saturated carbocycles. The highest BCUT2D eigenvalue weighted by atomic mass is 15.3. The molecule has 0 aliphatic rings. The van der Waals surface area contributed by atoms with Crippen LogP contribution in [0.3, 0.4) is 0 Å². The first-order chi connectivity index (χ1) is 7.73. The van der Waals surface area contributed by atoms with Crippen molar-refractivity contribution in [1.29, 1.82) is 0 Å². The highest BCUT2D eigenvalue weighted by Gasteiger charge is 2.25. The maximum Gasteiger partial charge on any atom is 0.140 e. The SMILES string of the molecule is CCn1ncnc1CNC(C)(C)CC(C)(C)C. The zero-order chi connectivity index (χ0) is 13.1. The Morgan fingerprint density at radius 3 is 2.41 bits per heavy atom. The summed E-state index contributed by atoms with van der Waals surface area (Å²) in [6, 6.07) is 0. The molecule has 0 saturated heterocycles. The molecule has 1 rings (SSSR count). The van der Waals surface area contributed by atoms with E-state index >= 15 is 0 Å². The topological polar surface area (TPSA) is 42.7 Å². The van der Waals surface area contributed by atoms with E-state index in [9.17, 15) is 0 Å². The third-order valence-corrected chi connectivity index (χ3v) is 2.69. The molecule has 98 valence electrons. The zero-order valence-electron chi connectivity index (χ0n) is 12.0. The normalized spacial score (nSPS) is 13.1. The Balaban J connectivity index is 2.55. The van der Waals surface area contributed by atoms with E-state index < -0.39 is 0 Å². The summed E-state index contributed by atoms with van der Waals surface area (Å²) in [5, 5.41) is 7.74. The monoisotopic (exact) mass is 238 g/mol. The Hall–Kier alpha value is -0.900. The smallest absolute Gasteiger partial charge is 0.140 e. The van der Waals surface area contributed by atoms with Gasteiger partial charge in [0.1, 0.15) is 12.2 Å². The molecule has 1 heterocycles. The maximum atomic E-state index is 4.28. The maximum absolute atomic E-state index is 4.28. The lowest BCUT2D eigenvalue weighted by atomic mass is 9.82. The molecule has 0 aliphatic heterocycles. The highest BCUT2D eigenvalue weighted by Crippen LogP contribution is 2.26. The summed E-state index contributed by atoms with van der Waals surface area (Å²) in [5.74, 6) is 1.01. The lowest BCUT2D eigenvalue weighted by Gasteiger charge is -2.33. The number of nitrogens with one attached hydrogen (secondary N) is 1. The van der Waals surface area contributed by atoms with E-state index in [1.807, 2.05) is 4.68 Å². The standard InChI is InChI=1S/C13H26N4/c1-7-17-11(14-10-16-17)8-15-13(5,6)9-12(2,3)4/h10,15H,7-9H2,1-6H3. The van der Waals surface area contributed by atoms with Crippen LogP contribution in [-0.4, -0.2) is 20.3 Å². The molecule has 1 aromatic heterocycles. The van der Waals surface area contributed by atoms with E-state index in [4.69, 9.17) is 0 Å². The number of hydrogen-bond acceptors (Lipinski definition) is 3. The molecule has 17 heavy (non-hydrogen) atoms. The summed E-state index contributed by atoms with van der Waals surface area (Å²) in [4.78, 5) is 4.28. The Morgan fingerprint density at radius 1 is 1.24 bits per heavy atom. The number of aromatic nitrogens is 3. The molecule has 0 atom stereocenters. The molecule has 0 fully saturated rings. The lowest BCUT2D eigenvalue weighted by Crippen LogP contribution is -2.42. The minimum Gasteiger partial charge on any atom is -0.305 e. The first-order valence-electron chi connectivity index (χ1n) is 6.35. The Bertz CT molecular complexity index is 347. The van der Waals surface area contributed by atoms with Crippen LogP contribution < -0.4 is 5.32 Å². The average molecular weight is 238 g/mol. The van der Waals surface area contributed by atoms with Gasteiger partial charge in [-0.1, -0.05) is 20.8 Å². The highest BCUT2D eigenvalue weighted by molar-refractivity contribution is 4.89. The van der Waals surface area contributed by atoms with Crippen molar-refractivity contribution >= 4 is 0 Å². The number of hydrogen-bond donors (Lipinski definition) is 1. The van der Waals surface area contributed by atoms with Gasteiger partial charge in [-0.15, -0.1) is 0 Å². The molecule has 0 aliphatic carbocycles. The van der Waals surface area contributed by atoms with Crippen molar-refractivity contribution < 1.29 is 0 Å². The van der Waals surface area contributed by atoms with Crippen LogP contribution in [0.5, 0.6) is 0 Å². The van der Waals surface area contributed by atoms with E-state index in [1.165, 1.54) is 0 Å². The van der Waals surface area contributed by atoms with Crippen LogP contribution in [0.4, 0.5) is 0 Å². The van der Waals surface area contributed by atoms with Gasteiger partial charge in [-0.05, 0) is 32.6 Å². The predicted octanol–water partition coefficient (Wildman–Crippen LogP) is 2.60. The summed E-state index contributed by atoms with van der Waals surface area (Å²) in [6.45, 7) is 15.0. The van der Waals surface area contributed by atoms with Gasteiger partial charge in [0.05, 0.1) is 6.54 Å². The van der Waals surface area contributed by atoms with Gasteiger partial charge >= 0.3 is 0 Å². The Morgan fingerprint density at radius 2 is 1.88 bits per heavy atom. The van der Waals surface area contributed by atoms with Gasteiger partial charge in [-0.3, -0.25) is 0 Å². The summed E-state index contributed by atoms with van der Waals surface area (Å²) >= 11 is 0. The van der Waals surface area contributed by atoms with E-state index in [0.29, 0.717) is 5.41 Å². The van der Waals surface area contributed by atoms with Crippen molar-refractivity contribution in [2.24, 2.45) is 5.41 Å². The molecular weight excluding hydrogens is 212 g/mol. The van der Waals surface area contributed by atoms with Crippen molar-refractivity contribution in [2.45, 2.75) is 66.6 Å². The molecule has 0 spiro atoms. The minimum atomic E-state index is 0.114. The molecule has 0 amide bonds. The minimum absolute atomic E-state index is 0.114. The van der Waals surface area contributed by atoms with Crippen molar-refractivity contribution in [2.75, 3.05) is 0 Å². The largest absolute Gasteiger partial charge is 0.305 e. The van der Waals surface area contributed by atoms with E-state index in [0.717, 1.165) is 25.3 Å². The zero-order valence-corrected chi connectivity index (χ0v) is 12.0. The summed E-state index contributed by atoms with van der Waals surface area (Å²) < 4.78 is 1.93. The van der Waals surface area contributed by atoms with Crippen LogP contribution in [0.25, 0.3) is 0 Å². The van der Waals surface area contributed by atoms with E-state index in [-0.39, 0.29) is 5.54 Å². The third kappa shape index (κ3) is 4.86. The fourth-order valence-corrected chi connectivity index (χ4v) is 2.40. The van der Waals surface area contributed by atoms with Crippen molar-refractivity contribution in [3.8, 4) is 0 Å². The van der Waals surface area contributed by atoms with Crippen LogP contribution in [0.2, 0.25) is 0 Å². The van der Waals surface area contributed by atoms with Gasteiger partial charge < -0.3 is 5.32 Å². The summed E-state index contributed by atoms with van der Waals surface area (Å²) in [6.07, 6.45) is 2.75. The average Bonchev–Trinajstić information content (AvgIpc) is 2.58. The van der Waals surface area contributed by atoms with Gasteiger partial charge in [0.25, 0.3) is 0 Å². The molecule has 4 nitrogen and oxygen atoms in total. The van der Waals surface area contributed by atoms with Gasteiger partial charge in [0.2, 0.25) is 0 Å². The molecule has 1 N–H and O–H groups in total. The van der Waals surface area contributed by atoms with Gasteiger partial charge in [0, 0.05) is 12.1 Å². The molecule has 0 aromatic carbocycles. The summed E-state index contributed by atoms with van der Waals surface area (Å²) in [5.41, 5.74) is 0.442. The van der Waals surface area contributed by atoms with E-state index in [2.05, 4.69) is 56.9 Å². The second-order valence-corrected chi connectivity index (χ2v) is 6.47. The number of nitrogens with zero attached hydrogens (tertiary/aromatic N) is 3. The molecular formula is C13H26N4.